The molecule has 0 aliphatic rings. The van der Waals surface area contributed by atoms with Crippen LogP contribution >= 0.6 is 11.6 Å². The lowest BCUT2D eigenvalue weighted by atomic mass is 10.3. The van der Waals surface area contributed by atoms with Gasteiger partial charge in [0, 0.05) is 12.1 Å². The summed E-state index contributed by atoms with van der Waals surface area (Å²) in [5.74, 6) is 0.562. The van der Waals surface area contributed by atoms with Gasteiger partial charge in [0.25, 0.3) is 0 Å². The van der Waals surface area contributed by atoms with Gasteiger partial charge in [-0.1, -0.05) is 18.2 Å². The Morgan fingerprint density at radius 3 is 3.00 bits per heavy atom. The van der Waals surface area contributed by atoms with E-state index in [2.05, 4.69) is 22.1 Å². The van der Waals surface area contributed by atoms with Gasteiger partial charge in [0.1, 0.15) is 5.02 Å². The van der Waals surface area contributed by atoms with E-state index in [1.54, 1.807) is 0 Å². The minimum absolute atomic E-state index is 0.437. The molecule has 0 spiro atoms. The van der Waals surface area contributed by atoms with Crippen LogP contribution < -0.4 is 5.32 Å². The smallest absolute Gasteiger partial charge is 0.171 e. The number of H-pyrrole nitrogens is 1. The van der Waals surface area contributed by atoms with E-state index in [0.717, 1.165) is 11.4 Å². The normalized spacial score (nSPS) is 9.50. The van der Waals surface area contributed by atoms with Crippen LogP contribution in [0.3, 0.4) is 0 Å². The first-order chi connectivity index (χ1) is 6.65. The summed E-state index contributed by atoms with van der Waals surface area (Å²) in [6, 6.07) is 2.04. The minimum Gasteiger partial charge on any atom is -0.342 e. The van der Waals surface area contributed by atoms with Crippen LogP contribution in [-0.4, -0.2) is 10.2 Å². The first kappa shape index (κ1) is 10.6. The number of aromatic amines is 1. The Morgan fingerprint density at radius 2 is 2.50 bits per heavy atom. The molecule has 0 radical (unpaired) electrons. The van der Waals surface area contributed by atoms with Gasteiger partial charge >= 0.3 is 0 Å². The molecule has 0 amide bonds. The topological polar surface area (TPSA) is 64.5 Å². The van der Waals surface area contributed by atoms with Crippen molar-refractivity contribution in [3.63, 3.8) is 0 Å². The van der Waals surface area contributed by atoms with Gasteiger partial charge in [0.15, 0.2) is 5.82 Å². The van der Waals surface area contributed by atoms with Crippen molar-refractivity contribution in [3.05, 3.63) is 23.0 Å². The molecule has 1 aromatic rings. The van der Waals surface area contributed by atoms with Crippen molar-refractivity contribution in [2.75, 3.05) is 5.32 Å². The van der Waals surface area contributed by atoms with E-state index in [-0.39, 0.29) is 0 Å². The highest BCUT2D eigenvalue weighted by Gasteiger charge is 2.07. The predicted octanol–water partition coefficient (Wildman–Crippen LogP) is 2.60. The first-order valence-corrected chi connectivity index (χ1v) is 4.55. The van der Waals surface area contributed by atoms with Gasteiger partial charge in [0.05, 0.1) is 11.8 Å². The lowest BCUT2D eigenvalue weighted by Gasteiger charge is -2.04. The zero-order chi connectivity index (χ0) is 10.6. The van der Waals surface area contributed by atoms with E-state index >= 15 is 0 Å². The second-order valence-corrected chi connectivity index (χ2v) is 3.28. The fraction of sp³-hybridized carbons (Fsp3) is 0.333. The molecule has 0 atom stereocenters. The van der Waals surface area contributed by atoms with Gasteiger partial charge in [-0.2, -0.15) is 10.4 Å². The fourth-order valence-electron chi connectivity index (χ4n) is 0.935. The van der Waals surface area contributed by atoms with Crippen LogP contribution in [0.25, 0.3) is 0 Å². The number of aromatic nitrogens is 2. The van der Waals surface area contributed by atoms with Crippen molar-refractivity contribution in [3.8, 4) is 6.07 Å². The van der Waals surface area contributed by atoms with E-state index in [1.807, 2.05) is 13.0 Å². The molecule has 4 nitrogen and oxygen atoms in total. The highest BCUT2D eigenvalue weighted by Crippen LogP contribution is 2.23. The molecule has 5 heteroatoms. The number of hydrogen-bond acceptors (Lipinski definition) is 3. The number of allylic oxidation sites excluding steroid dienone is 1. The van der Waals surface area contributed by atoms with Crippen LogP contribution in [0.4, 0.5) is 5.82 Å². The summed E-state index contributed by atoms with van der Waals surface area (Å²) >= 11 is 5.92. The second kappa shape index (κ2) is 4.68. The standard InChI is InChI=1S/C9H11ClN4/c1-6(4-3-5-11)12-9-8(10)7(2)13-14-9/h1,3-4H2,2H3,(H2,12,13,14). The zero-order valence-corrected chi connectivity index (χ0v) is 8.65. The second-order valence-electron chi connectivity index (χ2n) is 2.90. The number of aryl methyl sites for hydroxylation is 1. The molecule has 0 unspecified atom stereocenters. The number of halogens is 1. The summed E-state index contributed by atoms with van der Waals surface area (Å²) < 4.78 is 0. The quantitative estimate of drug-likeness (QED) is 0.803. The Morgan fingerprint density at radius 1 is 1.79 bits per heavy atom. The molecule has 0 fully saturated rings. The summed E-state index contributed by atoms with van der Waals surface area (Å²) in [5.41, 5.74) is 1.54. The van der Waals surface area contributed by atoms with Gasteiger partial charge in [-0.05, 0) is 13.3 Å². The van der Waals surface area contributed by atoms with E-state index < -0.39 is 0 Å². The van der Waals surface area contributed by atoms with E-state index in [0.29, 0.717) is 23.7 Å². The van der Waals surface area contributed by atoms with Gasteiger partial charge in [-0.15, -0.1) is 0 Å². The first-order valence-electron chi connectivity index (χ1n) is 4.17. The summed E-state index contributed by atoms with van der Waals surface area (Å²) in [7, 11) is 0. The third-order valence-electron chi connectivity index (χ3n) is 1.71. The molecule has 74 valence electrons. The summed E-state index contributed by atoms with van der Waals surface area (Å²) in [6.07, 6.45) is 1.03. The van der Waals surface area contributed by atoms with Crippen molar-refractivity contribution >= 4 is 17.4 Å². The Balaban J connectivity index is 2.57. The largest absolute Gasteiger partial charge is 0.342 e. The van der Waals surface area contributed by atoms with Crippen molar-refractivity contribution in [2.24, 2.45) is 0 Å². The summed E-state index contributed by atoms with van der Waals surface area (Å²) in [5, 5.41) is 18.6. The Hall–Kier alpha value is -1.47. The minimum atomic E-state index is 0.437. The predicted molar refractivity (Wildman–Crippen MR) is 55.9 cm³/mol. The molecule has 0 saturated heterocycles. The molecule has 14 heavy (non-hydrogen) atoms. The maximum absolute atomic E-state index is 8.37. The highest BCUT2D eigenvalue weighted by molar-refractivity contribution is 6.33. The highest BCUT2D eigenvalue weighted by atomic mass is 35.5. The van der Waals surface area contributed by atoms with Crippen molar-refractivity contribution in [1.82, 2.24) is 10.2 Å². The van der Waals surface area contributed by atoms with Gasteiger partial charge < -0.3 is 5.32 Å². The molecule has 1 heterocycles. The van der Waals surface area contributed by atoms with Crippen molar-refractivity contribution in [1.29, 1.82) is 5.26 Å². The number of nitrogens with zero attached hydrogens (tertiary/aromatic N) is 2. The number of hydrogen-bond donors (Lipinski definition) is 2. The zero-order valence-electron chi connectivity index (χ0n) is 7.89. The van der Waals surface area contributed by atoms with E-state index in [4.69, 9.17) is 16.9 Å². The monoisotopic (exact) mass is 210 g/mol. The van der Waals surface area contributed by atoms with Crippen molar-refractivity contribution < 1.29 is 0 Å². The Labute approximate surface area is 87.6 Å². The van der Waals surface area contributed by atoms with Gasteiger partial charge in [-0.25, -0.2) is 0 Å². The number of nitrogens with one attached hydrogen (secondary N) is 2. The van der Waals surface area contributed by atoms with Crippen LogP contribution in [0.15, 0.2) is 12.3 Å². The van der Waals surface area contributed by atoms with Crippen LogP contribution in [0, 0.1) is 18.3 Å². The molecule has 0 aromatic carbocycles. The Kier molecular flexibility index (Phi) is 3.55. The maximum Gasteiger partial charge on any atom is 0.171 e. The third-order valence-corrected chi connectivity index (χ3v) is 2.17. The molecule has 2 N–H and O–H groups in total. The molecule has 0 aliphatic heterocycles. The van der Waals surface area contributed by atoms with Crippen LogP contribution in [0.2, 0.25) is 5.02 Å². The van der Waals surface area contributed by atoms with Crippen molar-refractivity contribution in [2.45, 2.75) is 19.8 Å². The molecular formula is C9H11ClN4. The third kappa shape index (κ3) is 2.51. The lowest BCUT2D eigenvalue weighted by molar-refractivity contribution is 0.983. The van der Waals surface area contributed by atoms with Crippen LogP contribution in [-0.2, 0) is 0 Å². The fourth-order valence-corrected chi connectivity index (χ4v) is 1.07. The van der Waals surface area contributed by atoms with E-state index in [1.165, 1.54) is 0 Å². The van der Waals surface area contributed by atoms with Gasteiger partial charge in [0.2, 0.25) is 0 Å². The Bertz CT molecular complexity index is 375. The molecule has 1 rings (SSSR count). The average molecular weight is 211 g/mol. The number of anilines is 1. The average Bonchev–Trinajstić information content (AvgIpc) is 2.46. The molecule has 1 aromatic heterocycles. The molecule has 0 bridgehead atoms. The number of nitriles is 1. The number of rotatable bonds is 4. The summed E-state index contributed by atoms with van der Waals surface area (Å²) in [4.78, 5) is 0. The van der Waals surface area contributed by atoms with E-state index in [9.17, 15) is 0 Å². The van der Waals surface area contributed by atoms with Crippen LogP contribution in [0.1, 0.15) is 18.5 Å². The molecule has 0 aliphatic carbocycles. The maximum atomic E-state index is 8.37. The van der Waals surface area contributed by atoms with Gasteiger partial charge in [-0.3, -0.25) is 5.10 Å². The SMILES string of the molecule is C=C(CCC#N)Nc1n[nH]c(C)c1Cl. The molecular weight excluding hydrogens is 200 g/mol. The van der Waals surface area contributed by atoms with Crippen LogP contribution in [0.5, 0.6) is 0 Å². The lowest BCUT2D eigenvalue weighted by Crippen LogP contribution is -1.98. The summed E-state index contributed by atoms with van der Waals surface area (Å²) in [6.45, 7) is 5.60. The molecule has 0 saturated carbocycles.